The van der Waals surface area contributed by atoms with Crippen molar-refractivity contribution < 1.29 is 9.90 Å². The fourth-order valence-electron chi connectivity index (χ4n) is 3.47. The van der Waals surface area contributed by atoms with Crippen LogP contribution in [0.1, 0.15) is 62.3 Å². The smallest absolute Gasteiger partial charge is 0.155 e. The number of benzene rings is 2. The summed E-state index contributed by atoms with van der Waals surface area (Å²) in [5, 5.41) is 9.61. The van der Waals surface area contributed by atoms with Crippen molar-refractivity contribution in [1.82, 2.24) is 0 Å². The molecule has 0 aliphatic carbocycles. The Balaban J connectivity index is 2.46. The van der Waals surface area contributed by atoms with Gasteiger partial charge in [0.05, 0.1) is 0 Å². The van der Waals surface area contributed by atoms with Crippen molar-refractivity contribution in [1.29, 1.82) is 0 Å². The Hall–Kier alpha value is -2.35. The lowest BCUT2D eigenvalue weighted by molar-refractivity contribution is -0.114. The molecule has 2 heteroatoms. The van der Waals surface area contributed by atoms with Crippen LogP contribution in [-0.2, 0) is 10.2 Å². The van der Waals surface area contributed by atoms with Crippen LogP contribution in [0.25, 0.3) is 6.08 Å². The van der Waals surface area contributed by atoms with Crippen LogP contribution in [-0.4, -0.2) is 10.9 Å². The highest BCUT2D eigenvalue weighted by atomic mass is 16.3. The number of ketones is 1. The highest BCUT2D eigenvalue weighted by Crippen LogP contribution is 2.40. The third-order valence-corrected chi connectivity index (χ3v) is 5.25. The number of carbonyl (C=O) groups is 1. The van der Waals surface area contributed by atoms with Gasteiger partial charge < -0.3 is 5.11 Å². The minimum Gasteiger partial charge on any atom is -0.508 e. The molecule has 2 nitrogen and oxygen atoms in total. The Morgan fingerprint density at radius 2 is 1.60 bits per heavy atom. The summed E-state index contributed by atoms with van der Waals surface area (Å²) >= 11 is 0. The Kier molecular flexibility index (Phi) is 6.19. The van der Waals surface area contributed by atoms with Crippen LogP contribution in [0.15, 0.2) is 48.5 Å². The summed E-state index contributed by atoms with van der Waals surface area (Å²) < 4.78 is 0. The zero-order valence-electron chi connectivity index (χ0n) is 15.7. The maximum absolute atomic E-state index is 11.5. The predicted molar refractivity (Wildman–Crippen MR) is 105 cm³/mol. The third kappa shape index (κ3) is 4.01. The number of rotatable bonds is 7. The monoisotopic (exact) mass is 336 g/mol. The number of hydrogen-bond acceptors (Lipinski definition) is 2. The zero-order chi connectivity index (χ0) is 18.4. The molecule has 0 heterocycles. The van der Waals surface area contributed by atoms with Gasteiger partial charge in [0.15, 0.2) is 5.78 Å². The zero-order valence-corrected chi connectivity index (χ0v) is 15.7. The van der Waals surface area contributed by atoms with Gasteiger partial charge in [-0.3, -0.25) is 4.79 Å². The first-order valence-corrected chi connectivity index (χ1v) is 9.08. The minimum absolute atomic E-state index is 0.0695. The van der Waals surface area contributed by atoms with Crippen LogP contribution < -0.4 is 0 Å². The average molecular weight is 336 g/mol. The van der Waals surface area contributed by atoms with E-state index in [-0.39, 0.29) is 11.2 Å². The van der Waals surface area contributed by atoms with Crippen LogP contribution in [0.3, 0.4) is 0 Å². The van der Waals surface area contributed by atoms with Gasteiger partial charge in [-0.2, -0.15) is 0 Å². The van der Waals surface area contributed by atoms with Crippen LogP contribution in [0.4, 0.5) is 0 Å². The number of phenolic OH excluding ortho intramolecular Hbond substituents is 1. The van der Waals surface area contributed by atoms with E-state index in [1.807, 2.05) is 25.1 Å². The quantitative estimate of drug-likeness (QED) is 0.649. The van der Waals surface area contributed by atoms with E-state index in [1.165, 1.54) is 16.7 Å². The number of carbonyl (C=O) groups excluding carboxylic acids is 1. The van der Waals surface area contributed by atoms with E-state index in [0.717, 1.165) is 18.4 Å². The van der Waals surface area contributed by atoms with Crippen LogP contribution >= 0.6 is 0 Å². The van der Waals surface area contributed by atoms with Gasteiger partial charge in [0.2, 0.25) is 0 Å². The molecule has 25 heavy (non-hydrogen) atoms. The third-order valence-electron chi connectivity index (χ3n) is 5.25. The summed E-state index contributed by atoms with van der Waals surface area (Å²) in [6, 6.07) is 14.1. The summed E-state index contributed by atoms with van der Waals surface area (Å²) in [5.74, 6) is 0.436. The average Bonchev–Trinajstić information content (AvgIpc) is 2.63. The molecular formula is C23H28O2. The molecule has 132 valence electrons. The van der Waals surface area contributed by atoms with E-state index >= 15 is 0 Å². The van der Waals surface area contributed by atoms with Crippen molar-refractivity contribution in [3.63, 3.8) is 0 Å². The Labute approximate surface area is 151 Å². The van der Waals surface area contributed by atoms with Gasteiger partial charge in [-0.25, -0.2) is 0 Å². The lowest BCUT2D eigenvalue weighted by atomic mass is 9.70. The van der Waals surface area contributed by atoms with Crippen molar-refractivity contribution in [3.8, 4) is 5.75 Å². The molecule has 0 radical (unpaired) electrons. The molecule has 0 bridgehead atoms. The second-order valence-corrected chi connectivity index (χ2v) is 6.56. The molecule has 0 fully saturated rings. The molecule has 0 amide bonds. The molecule has 0 saturated carbocycles. The first kappa shape index (κ1) is 19.0. The molecule has 0 spiro atoms. The van der Waals surface area contributed by atoms with Crippen molar-refractivity contribution in [2.45, 2.75) is 52.4 Å². The summed E-state index contributed by atoms with van der Waals surface area (Å²) in [6.07, 6.45) is 6.07. The molecule has 0 atom stereocenters. The SMILES string of the molecule is CCC(=O)C=Cc1ccc(C(CC)(CC)c2ccc(O)cc2)cc1C. The van der Waals surface area contributed by atoms with Gasteiger partial charge in [0.25, 0.3) is 0 Å². The topological polar surface area (TPSA) is 37.3 Å². The van der Waals surface area contributed by atoms with Gasteiger partial charge in [0.1, 0.15) is 5.75 Å². The Morgan fingerprint density at radius 3 is 2.12 bits per heavy atom. The number of allylic oxidation sites excluding steroid dienone is 1. The maximum Gasteiger partial charge on any atom is 0.155 e. The lowest BCUT2D eigenvalue weighted by Gasteiger charge is -2.33. The van der Waals surface area contributed by atoms with E-state index in [2.05, 4.69) is 39.0 Å². The number of hydrogen-bond donors (Lipinski definition) is 1. The molecule has 0 saturated heterocycles. The summed E-state index contributed by atoms with van der Waals surface area (Å²) in [7, 11) is 0. The first-order valence-electron chi connectivity index (χ1n) is 9.08. The largest absolute Gasteiger partial charge is 0.508 e. The summed E-state index contributed by atoms with van der Waals surface area (Å²) in [4.78, 5) is 11.5. The van der Waals surface area contributed by atoms with Gasteiger partial charge >= 0.3 is 0 Å². The maximum atomic E-state index is 11.5. The van der Waals surface area contributed by atoms with Gasteiger partial charge in [0, 0.05) is 11.8 Å². The predicted octanol–water partition coefficient (Wildman–Crippen LogP) is 5.80. The lowest BCUT2D eigenvalue weighted by Crippen LogP contribution is -2.26. The van der Waals surface area contributed by atoms with Crippen LogP contribution in [0.2, 0.25) is 0 Å². The van der Waals surface area contributed by atoms with E-state index < -0.39 is 0 Å². The summed E-state index contributed by atoms with van der Waals surface area (Å²) in [5.41, 5.74) is 4.68. The van der Waals surface area contributed by atoms with Crippen molar-refractivity contribution in [3.05, 3.63) is 70.8 Å². The molecule has 2 aromatic rings. The minimum atomic E-state index is -0.0695. The van der Waals surface area contributed by atoms with Crippen LogP contribution in [0.5, 0.6) is 5.75 Å². The van der Waals surface area contributed by atoms with E-state index in [4.69, 9.17) is 0 Å². The molecule has 0 unspecified atom stereocenters. The standard InChI is InChI=1S/C23H28O2/c1-5-21(24)13-9-18-8-10-20(16-17(18)4)23(6-2,7-3)19-11-14-22(25)15-12-19/h8-16,25H,5-7H2,1-4H3. The summed E-state index contributed by atoms with van der Waals surface area (Å²) in [6.45, 7) is 8.38. The van der Waals surface area contributed by atoms with Crippen molar-refractivity contribution in [2.24, 2.45) is 0 Å². The van der Waals surface area contributed by atoms with E-state index in [0.29, 0.717) is 12.2 Å². The molecule has 1 N–H and O–H groups in total. The normalized spacial score (nSPS) is 11.8. The number of phenols is 1. The fourth-order valence-corrected chi connectivity index (χ4v) is 3.47. The van der Waals surface area contributed by atoms with Gasteiger partial charge in [-0.05, 0) is 60.2 Å². The second kappa shape index (κ2) is 8.15. The van der Waals surface area contributed by atoms with Gasteiger partial charge in [-0.1, -0.05) is 57.2 Å². The first-order chi connectivity index (χ1) is 12.0. The van der Waals surface area contributed by atoms with Crippen molar-refractivity contribution in [2.75, 3.05) is 0 Å². The van der Waals surface area contributed by atoms with Crippen LogP contribution in [0, 0.1) is 6.92 Å². The van der Waals surface area contributed by atoms with Gasteiger partial charge in [-0.15, -0.1) is 0 Å². The molecule has 0 aliphatic rings. The van der Waals surface area contributed by atoms with E-state index in [9.17, 15) is 9.90 Å². The molecule has 0 aromatic heterocycles. The highest BCUT2D eigenvalue weighted by molar-refractivity contribution is 5.93. The molecular weight excluding hydrogens is 308 g/mol. The number of aryl methyl sites for hydroxylation is 1. The number of aromatic hydroxyl groups is 1. The second-order valence-electron chi connectivity index (χ2n) is 6.56. The Morgan fingerprint density at radius 1 is 1.00 bits per heavy atom. The molecule has 0 aliphatic heterocycles. The highest BCUT2D eigenvalue weighted by Gasteiger charge is 2.30. The molecule has 2 rings (SSSR count). The Bertz CT molecular complexity index is 750. The van der Waals surface area contributed by atoms with Crippen molar-refractivity contribution >= 4 is 11.9 Å². The van der Waals surface area contributed by atoms with E-state index in [1.54, 1.807) is 18.2 Å². The molecule has 2 aromatic carbocycles. The fraction of sp³-hybridized carbons (Fsp3) is 0.348.